The van der Waals surface area contributed by atoms with E-state index in [0.29, 0.717) is 16.3 Å². The number of hydrogen-bond donors (Lipinski definition) is 2. The van der Waals surface area contributed by atoms with E-state index < -0.39 is 0 Å². The largest absolute Gasteiger partial charge is 0.335 e. The molecule has 0 fully saturated rings. The van der Waals surface area contributed by atoms with Crippen LogP contribution in [-0.2, 0) is 0 Å². The molecule has 0 aliphatic heterocycles. The number of amides is 2. The van der Waals surface area contributed by atoms with Crippen molar-refractivity contribution in [2.24, 2.45) is 0 Å². The van der Waals surface area contributed by atoms with Gasteiger partial charge in [-0.3, -0.25) is 0 Å². The Morgan fingerprint density at radius 1 is 1.56 bits per heavy atom. The summed E-state index contributed by atoms with van der Waals surface area (Å²) in [5.41, 5.74) is 0.897. The van der Waals surface area contributed by atoms with Crippen molar-refractivity contribution in [1.29, 1.82) is 5.26 Å². The van der Waals surface area contributed by atoms with Crippen LogP contribution >= 0.6 is 11.6 Å². The Morgan fingerprint density at radius 2 is 2.28 bits per heavy atom. The van der Waals surface area contributed by atoms with Crippen molar-refractivity contribution in [3.8, 4) is 6.07 Å². The van der Waals surface area contributed by atoms with Gasteiger partial charge in [0.1, 0.15) is 6.07 Å². The van der Waals surface area contributed by atoms with Gasteiger partial charge in [-0.05, 0) is 31.5 Å². The fourth-order valence-corrected chi connectivity index (χ4v) is 1.74. The highest BCUT2D eigenvalue weighted by Gasteiger charge is 2.07. The molecule has 1 aromatic rings. The molecule has 0 radical (unpaired) electrons. The molecule has 2 amide bonds. The number of hydrogen-bond acceptors (Lipinski definition) is 2. The summed E-state index contributed by atoms with van der Waals surface area (Å²) in [6.45, 7) is 4.01. The second kappa shape index (κ2) is 6.87. The molecule has 0 spiro atoms. The Kier molecular flexibility index (Phi) is 5.47. The maximum atomic E-state index is 11.6. The molecule has 0 saturated heterocycles. The van der Waals surface area contributed by atoms with Crippen LogP contribution in [-0.4, -0.2) is 12.1 Å². The Labute approximate surface area is 112 Å². The number of halogens is 1. The van der Waals surface area contributed by atoms with Gasteiger partial charge in [-0.2, -0.15) is 5.26 Å². The monoisotopic (exact) mass is 265 g/mol. The lowest BCUT2D eigenvalue weighted by molar-refractivity contribution is 0.248. The maximum Gasteiger partial charge on any atom is 0.319 e. The van der Waals surface area contributed by atoms with Gasteiger partial charge in [0.05, 0.1) is 10.6 Å². The summed E-state index contributed by atoms with van der Waals surface area (Å²) in [5, 5.41) is 14.7. The number of rotatable bonds is 4. The summed E-state index contributed by atoms with van der Waals surface area (Å²) in [7, 11) is 0. The standard InChI is InChI=1S/C13H16ClN3O/c1-3-4-9(2)16-13(18)17-11-5-6-12(14)10(7-11)8-15/h5-7,9H,3-4H2,1-2H3,(H2,16,17,18). The lowest BCUT2D eigenvalue weighted by Crippen LogP contribution is -2.35. The van der Waals surface area contributed by atoms with Gasteiger partial charge >= 0.3 is 6.03 Å². The molecule has 0 aliphatic rings. The molecule has 2 N–H and O–H groups in total. The van der Waals surface area contributed by atoms with Crippen LogP contribution in [0.3, 0.4) is 0 Å². The van der Waals surface area contributed by atoms with Crippen molar-refractivity contribution in [1.82, 2.24) is 5.32 Å². The minimum Gasteiger partial charge on any atom is -0.335 e. The first kappa shape index (κ1) is 14.3. The van der Waals surface area contributed by atoms with Crippen LogP contribution in [0.5, 0.6) is 0 Å². The van der Waals surface area contributed by atoms with Gasteiger partial charge in [0.15, 0.2) is 0 Å². The van der Waals surface area contributed by atoms with E-state index in [1.54, 1.807) is 18.2 Å². The summed E-state index contributed by atoms with van der Waals surface area (Å²) in [4.78, 5) is 11.6. The molecule has 5 heteroatoms. The van der Waals surface area contributed by atoms with Crippen molar-refractivity contribution in [2.75, 3.05) is 5.32 Å². The number of nitriles is 1. The first-order valence-corrected chi connectivity index (χ1v) is 6.21. The fourth-order valence-electron chi connectivity index (χ4n) is 1.58. The van der Waals surface area contributed by atoms with Gasteiger partial charge in [-0.15, -0.1) is 0 Å². The lowest BCUT2D eigenvalue weighted by Gasteiger charge is -2.13. The summed E-state index contributed by atoms with van der Waals surface area (Å²) >= 11 is 5.81. The second-order valence-corrected chi connectivity index (χ2v) is 4.50. The highest BCUT2D eigenvalue weighted by atomic mass is 35.5. The molecule has 1 atom stereocenters. The van der Waals surface area contributed by atoms with Gasteiger partial charge in [0.2, 0.25) is 0 Å². The summed E-state index contributed by atoms with van der Waals surface area (Å²) in [6, 6.07) is 6.61. The Bertz CT molecular complexity index is 468. The molecule has 18 heavy (non-hydrogen) atoms. The molecular weight excluding hydrogens is 250 g/mol. The quantitative estimate of drug-likeness (QED) is 0.875. The van der Waals surface area contributed by atoms with Crippen molar-refractivity contribution in [3.05, 3.63) is 28.8 Å². The van der Waals surface area contributed by atoms with Crippen molar-refractivity contribution >= 4 is 23.3 Å². The van der Waals surface area contributed by atoms with E-state index in [9.17, 15) is 4.79 Å². The molecule has 0 aromatic heterocycles. The molecule has 96 valence electrons. The minimum absolute atomic E-state index is 0.123. The molecule has 0 heterocycles. The second-order valence-electron chi connectivity index (χ2n) is 4.09. The Morgan fingerprint density at radius 3 is 2.89 bits per heavy atom. The average molecular weight is 266 g/mol. The molecule has 0 saturated carbocycles. The van der Waals surface area contributed by atoms with Crippen molar-refractivity contribution < 1.29 is 4.79 Å². The SMILES string of the molecule is CCCC(C)NC(=O)Nc1ccc(Cl)c(C#N)c1. The number of nitrogens with zero attached hydrogens (tertiary/aromatic N) is 1. The molecule has 0 aliphatic carbocycles. The van der Waals surface area contributed by atoms with Crippen LogP contribution in [0, 0.1) is 11.3 Å². The maximum absolute atomic E-state index is 11.6. The number of carbonyl (C=O) groups excluding carboxylic acids is 1. The molecule has 1 unspecified atom stereocenters. The number of anilines is 1. The van der Waals surface area contributed by atoms with Crippen molar-refractivity contribution in [3.63, 3.8) is 0 Å². The predicted molar refractivity (Wildman–Crippen MR) is 72.7 cm³/mol. The topological polar surface area (TPSA) is 64.9 Å². The number of urea groups is 1. The number of nitrogens with one attached hydrogen (secondary N) is 2. The van der Waals surface area contributed by atoms with E-state index in [1.165, 1.54) is 0 Å². The summed E-state index contributed by atoms with van der Waals surface area (Å²) in [5.74, 6) is 0. The van der Waals surface area contributed by atoms with E-state index >= 15 is 0 Å². The third-order valence-electron chi connectivity index (χ3n) is 2.44. The average Bonchev–Trinajstić information content (AvgIpc) is 2.31. The van der Waals surface area contributed by atoms with Crippen LogP contribution in [0.25, 0.3) is 0 Å². The highest BCUT2D eigenvalue weighted by molar-refractivity contribution is 6.31. The van der Waals surface area contributed by atoms with Crippen LogP contribution in [0.15, 0.2) is 18.2 Å². The van der Waals surface area contributed by atoms with Crippen LogP contribution in [0.1, 0.15) is 32.3 Å². The lowest BCUT2D eigenvalue weighted by atomic mass is 10.2. The number of carbonyl (C=O) groups is 1. The fraction of sp³-hybridized carbons (Fsp3) is 0.385. The molecule has 0 bridgehead atoms. The third-order valence-corrected chi connectivity index (χ3v) is 2.77. The summed E-state index contributed by atoms with van der Waals surface area (Å²) < 4.78 is 0. The van der Waals surface area contributed by atoms with Gasteiger partial charge < -0.3 is 10.6 Å². The van der Waals surface area contributed by atoms with Crippen LogP contribution in [0.4, 0.5) is 10.5 Å². The zero-order chi connectivity index (χ0) is 13.5. The molecular formula is C13H16ClN3O. The Hall–Kier alpha value is -1.73. The smallest absolute Gasteiger partial charge is 0.319 e. The third kappa shape index (κ3) is 4.27. The van der Waals surface area contributed by atoms with E-state index in [1.807, 2.05) is 13.0 Å². The first-order chi connectivity index (χ1) is 8.56. The molecule has 4 nitrogen and oxygen atoms in total. The zero-order valence-electron chi connectivity index (χ0n) is 10.5. The normalized spacial score (nSPS) is 11.4. The number of benzene rings is 1. The minimum atomic E-state index is -0.276. The molecule has 1 rings (SSSR count). The first-order valence-electron chi connectivity index (χ1n) is 5.84. The van der Waals surface area contributed by atoms with Crippen LogP contribution < -0.4 is 10.6 Å². The van der Waals surface area contributed by atoms with Crippen LogP contribution in [0.2, 0.25) is 5.02 Å². The van der Waals surface area contributed by atoms with E-state index in [-0.39, 0.29) is 12.1 Å². The van der Waals surface area contributed by atoms with Gasteiger partial charge in [-0.1, -0.05) is 24.9 Å². The summed E-state index contributed by atoms with van der Waals surface area (Å²) in [6.07, 6.45) is 1.94. The van der Waals surface area contributed by atoms with Gasteiger partial charge in [0, 0.05) is 11.7 Å². The van der Waals surface area contributed by atoms with Gasteiger partial charge in [0.25, 0.3) is 0 Å². The predicted octanol–water partition coefficient (Wildman–Crippen LogP) is 3.52. The Balaban J connectivity index is 2.62. The highest BCUT2D eigenvalue weighted by Crippen LogP contribution is 2.19. The van der Waals surface area contributed by atoms with Gasteiger partial charge in [-0.25, -0.2) is 4.79 Å². The van der Waals surface area contributed by atoms with E-state index in [0.717, 1.165) is 12.8 Å². The zero-order valence-corrected chi connectivity index (χ0v) is 11.2. The van der Waals surface area contributed by atoms with Crippen molar-refractivity contribution in [2.45, 2.75) is 32.7 Å². The van der Waals surface area contributed by atoms with E-state index in [4.69, 9.17) is 16.9 Å². The van der Waals surface area contributed by atoms with E-state index in [2.05, 4.69) is 17.6 Å². The molecule has 1 aromatic carbocycles.